The topological polar surface area (TPSA) is 48.6 Å². The van der Waals surface area contributed by atoms with Crippen LogP contribution in [0, 0.1) is 12.3 Å². The van der Waals surface area contributed by atoms with Crippen LogP contribution in [0.2, 0.25) is 5.02 Å². The van der Waals surface area contributed by atoms with Gasteiger partial charge < -0.3 is 14.6 Å². The molecule has 198 valence electrons. The van der Waals surface area contributed by atoms with E-state index < -0.39 is 0 Å². The summed E-state index contributed by atoms with van der Waals surface area (Å²) in [6.07, 6.45) is 4.42. The van der Waals surface area contributed by atoms with Gasteiger partial charge in [-0.15, -0.1) is 0 Å². The number of aryl methyl sites for hydroxylation is 1. The molecule has 0 aliphatic carbocycles. The first-order valence-corrected chi connectivity index (χ1v) is 13.7. The molecular formula is C32H36ClN3O2. The number of amides is 1. The van der Waals surface area contributed by atoms with Crippen molar-refractivity contribution in [3.8, 4) is 5.75 Å². The maximum absolute atomic E-state index is 13.5. The molecule has 1 aromatic heterocycles. The minimum absolute atomic E-state index is 0.152. The van der Waals surface area contributed by atoms with Gasteiger partial charge in [0.1, 0.15) is 5.75 Å². The van der Waals surface area contributed by atoms with E-state index >= 15 is 0 Å². The van der Waals surface area contributed by atoms with Gasteiger partial charge in [-0.1, -0.05) is 54.1 Å². The molecule has 0 saturated carbocycles. The molecule has 0 radical (unpaired) electrons. The average Bonchev–Trinajstić information content (AvgIpc) is 3.38. The van der Waals surface area contributed by atoms with Gasteiger partial charge in [-0.25, -0.2) is 0 Å². The number of nitrogens with zero attached hydrogens (tertiary/aromatic N) is 2. The fourth-order valence-electron chi connectivity index (χ4n) is 5.55. The lowest BCUT2D eigenvalue weighted by Gasteiger charge is -2.43. The van der Waals surface area contributed by atoms with Crippen LogP contribution in [-0.2, 0) is 17.9 Å². The highest BCUT2D eigenvalue weighted by molar-refractivity contribution is 6.31. The van der Waals surface area contributed by atoms with E-state index in [1.165, 1.54) is 10.9 Å². The highest BCUT2D eigenvalue weighted by Crippen LogP contribution is 2.36. The number of carbonyl (C=O) groups is 1. The van der Waals surface area contributed by atoms with E-state index in [0.717, 1.165) is 59.9 Å². The maximum atomic E-state index is 13.5. The second kappa shape index (κ2) is 11.6. The van der Waals surface area contributed by atoms with E-state index in [9.17, 15) is 4.79 Å². The van der Waals surface area contributed by atoms with Gasteiger partial charge in [0.05, 0.1) is 6.61 Å². The standard InChI is InChI=1S/C32H36ClN3O2/c1-24-17-28(11-12-29(24)33)38-23-32(19-31(37)35(2)20-25-7-4-3-5-8-25)14-6-16-36(22-32)21-26-9-10-27-13-15-34-30(27)18-26/h3-5,7-13,15,17-18,34H,6,14,16,19-23H2,1-2H3/t32-/m1/s1. The van der Waals surface area contributed by atoms with Gasteiger partial charge in [0.2, 0.25) is 5.91 Å². The number of fused-ring (bicyclic) bond motifs is 1. The lowest BCUT2D eigenvalue weighted by Crippen LogP contribution is -2.48. The molecule has 1 amide bonds. The number of ether oxygens (including phenoxy) is 1. The quantitative estimate of drug-likeness (QED) is 0.258. The zero-order chi connectivity index (χ0) is 26.5. The van der Waals surface area contributed by atoms with Gasteiger partial charge in [0.15, 0.2) is 0 Å². The van der Waals surface area contributed by atoms with Crippen molar-refractivity contribution >= 4 is 28.4 Å². The van der Waals surface area contributed by atoms with Gasteiger partial charge >= 0.3 is 0 Å². The van der Waals surface area contributed by atoms with Crippen LogP contribution in [0.25, 0.3) is 10.9 Å². The predicted molar refractivity (Wildman–Crippen MR) is 154 cm³/mol. The number of benzene rings is 3. The van der Waals surface area contributed by atoms with Crippen molar-refractivity contribution in [3.05, 3.63) is 101 Å². The Balaban J connectivity index is 1.33. The molecule has 0 spiro atoms. The van der Waals surface area contributed by atoms with E-state index in [0.29, 0.717) is 19.6 Å². The molecule has 3 aromatic carbocycles. The monoisotopic (exact) mass is 529 g/mol. The number of piperidine rings is 1. The highest BCUT2D eigenvalue weighted by Gasteiger charge is 2.39. The van der Waals surface area contributed by atoms with E-state index in [-0.39, 0.29) is 11.3 Å². The van der Waals surface area contributed by atoms with Crippen LogP contribution in [0.3, 0.4) is 0 Å². The Morgan fingerprint density at radius 3 is 2.74 bits per heavy atom. The molecule has 1 fully saturated rings. The number of aromatic amines is 1. The van der Waals surface area contributed by atoms with Gasteiger partial charge in [-0.05, 0) is 78.7 Å². The Morgan fingerprint density at radius 2 is 1.92 bits per heavy atom. The second-order valence-corrected chi connectivity index (χ2v) is 11.2. The molecule has 0 unspecified atom stereocenters. The first-order chi connectivity index (χ1) is 18.4. The van der Waals surface area contributed by atoms with E-state index in [4.69, 9.17) is 16.3 Å². The average molecular weight is 530 g/mol. The first-order valence-electron chi connectivity index (χ1n) is 13.3. The highest BCUT2D eigenvalue weighted by atomic mass is 35.5. The lowest BCUT2D eigenvalue weighted by atomic mass is 9.77. The number of hydrogen-bond donors (Lipinski definition) is 1. The SMILES string of the molecule is Cc1cc(OC[C@@]2(CC(=O)N(C)Cc3ccccc3)CCCN(Cc3ccc4cc[nH]c4c3)C2)ccc1Cl. The summed E-state index contributed by atoms with van der Waals surface area (Å²) in [4.78, 5) is 21.2. The number of nitrogens with one attached hydrogen (secondary N) is 1. The van der Waals surface area contributed by atoms with E-state index in [1.54, 1.807) is 0 Å². The summed E-state index contributed by atoms with van der Waals surface area (Å²) in [5, 5.41) is 1.95. The van der Waals surface area contributed by atoms with Gasteiger partial charge in [-0.3, -0.25) is 9.69 Å². The summed E-state index contributed by atoms with van der Waals surface area (Å²) in [6, 6.07) is 24.6. The summed E-state index contributed by atoms with van der Waals surface area (Å²) >= 11 is 6.24. The van der Waals surface area contributed by atoms with Crippen molar-refractivity contribution in [2.45, 2.75) is 39.3 Å². The molecule has 38 heavy (non-hydrogen) atoms. The number of carbonyl (C=O) groups excluding carboxylic acids is 1. The van der Waals surface area contributed by atoms with Crippen molar-refractivity contribution in [2.24, 2.45) is 5.41 Å². The second-order valence-electron chi connectivity index (χ2n) is 10.8. The first kappa shape index (κ1) is 26.3. The summed E-state index contributed by atoms with van der Waals surface area (Å²) in [6.45, 7) is 5.76. The minimum atomic E-state index is -0.273. The van der Waals surface area contributed by atoms with Crippen molar-refractivity contribution in [2.75, 3.05) is 26.7 Å². The zero-order valence-corrected chi connectivity index (χ0v) is 23.0. The third-order valence-corrected chi connectivity index (χ3v) is 8.08. The normalized spacial score (nSPS) is 18.0. The lowest BCUT2D eigenvalue weighted by molar-refractivity contribution is -0.135. The third kappa shape index (κ3) is 6.40. The van der Waals surface area contributed by atoms with Crippen LogP contribution in [-0.4, -0.2) is 47.4 Å². The number of hydrogen-bond acceptors (Lipinski definition) is 3. The fraction of sp³-hybridized carbons (Fsp3) is 0.344. The third-order valence-electron chi connectivity index (χ3n) is 7.66. The Morgan fingerprint density at radius 1 is 1.08 bits per heavy atom. The Kier molecular flexibility index (Phi) is 8.06. The predicted octanol–water partition coefficient (Wildman–Crippen LogP) is 6.84. The van der Waals surface area contributed by atoms with Crippen LogP contribution in [0.15, 0.2) is 79.0 Å². The number of aromatic nitrogens is 1. The largest absolute Gasteiger partial charge is 0.493 e. The molecule has 1 saturated heterocycles. The number of halogens is 1. The van der Waals surface area contributed by atoms with Crippen LogP contribution < -0.4 is 4.74 Å². The van der Waals surface area contributed by atoms with Crippen LogP contribution in [0.1, 0.15) is 36.0 Å². The Hall–Kier alpha value is -3.28. The summed E-state index contributed by atoms with van der Waals surface area (Å²) in [7, 11) is 1.90. The molecule has 6 heteroatoms. The number of H-pyrrole nitrogens is 1. The smallest absolute Gasteiger partial charge is 0.223 e. The van der Waals surface area contributed by atoms with Crippen molar-refractivity contribution in [1.82, 2.24) is 14.8 Å². The molecule has 5 nitrogen and oxygen atoms in total. The molecule has 0 bridgehead atoms. The number of rotatable bonds is 9. The van der Waals surface area contributed by atoms with Crippen molar-refractivity contribution < 1.29 is 9.53 Å². The molecule has 1 aliphatic heterocycles. The summed E-state index contributed by atoms with van der Waals surface area (Å²) in [5.41, 5.74) is 4.28. The molecule has 4 aromatic rings. The fourth-order valence-corrected chi connectivity index (χ4v) is 5.67. The van der Waals surface area contributed by atoms with Gasteiger partial charge in [0.25, 0.3) is 0 Å². The van der Waals surface area contributed by atoms with Gasteiger partial charge in [-0.2, -0.15) is 0 Å². The molecule has 1 N–H and O–H groups in total. The molecule has 1 atom stereocenters. The van der Waals surface area contributed by atoms with E-state index in [1.807, 2.05) is 61.5 Å². The van der Waals surface area contributed by atoms with Crippen LogP contribution in [0.4, 0.5) is 0 Å². The molecule has 1 aliphatic rings. The number of likely N-dealkylation sites (tertiary alicyclic amines) is 1. The molecule has 2 heterocycles. The Bertz CT molecular complexity index is 1390. The Labute approximate surface area is 230 Å². The van der Waals surface area contributed by atoms with Crippen LogP contribution in [0.5, 0.6) is 5.75 Å². The van der Waals surface area contributed by atoms with Crippen molar-refractivity contribution in [3.63, 3.8) is 0 Å². The van der Waals surface area contributed by atoms with Crippen LogP contribution >= 0.6 is 11.6 Å². The zero-order valence-electron chi connectivity index (χ0n) is 22.3. The maximum Gasteiger partial charge on any atom is 0.223 e. The molecular weight excluding hydrogens is 494 g/mol. The van der Waals surface area contributed by atoms with Crippen molar-refractivity contribution in [1.29, 1.82) is 0 Å². The van der Waals surface area contributed by atoms with E-state index in [2.05, 4.69) is 46.3 Å². The minimum Gasteiger partial charge on any atom is -0.493 e. The molecule has 5 rings (SSSR count). The summed E-state index contributed by atoms with van der Waals surface area (Å²) in [5.74, 6) is 0.949. The van der Waals surface area contributed by atoms with Gasteiger partial charge in [0, 0.05) is 55.3 Å². The summed E-state index contributed by atoms with van der Waals surface area (Å²) < 4.78 is 6.37.